The molecule has 1 aromatic heterocycles. The molecule has 9 heteroatoms. The zero-order chi connectivity index (χ0) is 23.6. The van der Waals surface area contributed by atoms with Crippen LogP contribution in [0.4, 0.5) is 5.69 Å². The van der Waals surface area contributed by atoms with Crippen molar-refractivity contribution in [1.82, 2.24) is 14.1 Å². The number of sulfonamides is 1. The summed E-state index contributed by atoms with van der Waals surface area (Å²) in [5.74, 6) is 0.509. The minimum absolute atomic E-state index is 0.211. The van der Waals surface area contributed by atoms with Gasteiger partial charge in [0.05, 0.1) is 25.0 Å². The second-order valence-electron chi connectivity index (χ2n) is 8.15. The molecule has 1 fully saturated rings. The van der Waals surface area contributed by atoms with Gasteiger partial charge in [-0.2, -0.15) is 9.40 Å². The SMILES string of the molecule is COc1ccc(NC(=O)c2ccc(Cn3nc(C)c(S(=O)(=O)N4CCCC4)c3C)cc2)cc1. The predicted molar refractivity (Wildman–Crippen MR) is 126 cm³/mol. The van der Waals surface area contributed by atoms with Gasteiger partial charge >= 0.3 is 0 Å². The Hall–Kier alpha value is -3.17. The largest absolute Gasteiger partial charge is 0.497 e. The zero-order valence-electron chi connectivity index (χ0n) is 19.0. The number of nitrogens with one attached hydrogen (secondary N) is 1. The zero-order valence-corrected chi connectivity index (χ0v) is 19.9. The minimum Gasteiger partial charge on any atom is -0.497 e. The molecule has 8 nitrogen and oxygen atoms in total. The summed E-state index contributed by atoms with van der Waals surface area (Å²) in [5.41, 5.74) is 3.27. The maximum absolute atomic E-state index is 13.1. The van der Waals surface area contributed by atoms with Crippen LogP contribution in [0.2, 0.25) is 0 Å². The number of ether oxygens (including phenoxy) is 1. The van der Waals surface area contributed by atoms with Crippen molar-refractivity contribution in [2.45, 2.75) is 38.1 Å². The Morgan fingerprint density at radius 2 is 1.67 bits per heavy atom. The Labute approximate surface area is 194 Å². The number of nitrogens with zero attached hydrogens (tertiary/aromatic N) is 3. The molecule has 0 spiro atoms. The Morgan fingerprint density at radius 3 is 2.27 bits per heavy atom. The molecule has 0 radical (unpaired) electrons. The first-order valence-corrected chi connectivity index (χ1v) is 12.3. The van der Waals surface area contributed by atoms with Crippen molar-refractivity contribution in [1.29, 1.82) is 0 Å². The number of benzene rings is 2. The summed E-state index contributed by atoms with van der Waals surface area (Å²) < 4.78 is 34.5. The maximum atomic E-state index is 13.1. The Morgan fingerprint density at radius 1 is 1.03 bits per heavy atom. The van der Waals surface area contributed by atoms with E-state index in [-0.39, 0.29) is 5.91 Å². The fraction of sp³-hybridized carbons (Fsp3) is 0.333. The number of hydrogen-bond acceptors (Lipinski definition) is 5. The first-order valence-electron chi connectivity index (χ1n) is 10.9. The molecule has 1 aliphatic rings. The van der Waals surface area contributed by atoms with E-state index in [1.165, 1.54) is 0 Å². The Balaban J connectivity index is 1.47. The number of rotatable bonds is 7. The molecule has 0 bridgehead atoms. The highest BCUT2D eigenvalue weighted by molar-refractivity contribution is 7.89. The molecular formula is C24H28N4O4S. The van der Waals surface area contributed by atoms with Crippen LogP contribution in [-0.2, 0) is 16.6 Å². The van der Waals surface area contributed by atoms with Crippen LogP contribution in [0.5, 0.6) is 5.75 Å². The third kappa shape index (κ3) is 4.79. The summed E-state index contributed by atoms with van der Waals surface area (Å²) in [4.78, 5) is 12.9. The lowest BCUT2D eigenvalue weighted by Gasteiger charge is -2.15. The molecule has 2 aromatic carbocycles. The summed E-state index contributed by atoms with van der Waals surface area (Å²) >= 11 is 0. The molecule has 4 rings (SSSR count). The lowest BCUT2D eigenvalue weighted by molar-refractivity contribution is 0.102. The van der Waals surface area contributed by atoms with Gasteiger partial charge < -0.3 is 10.1 Å². The molecule has 1 aliphatic heterocycles. The monoisotopic (exact) mass is 468 g/mol. The summed E-state index contributed by atoms with van der Waals surface area (Å²) in [6, 6.07) is 14.3. The fourth-order valence-corrected chi connectivity index (χ4v) is 5.97. The first kappa shape index (κ1) is 23.0. The number of carbonyl (C=O) groups is 1. The van der Waals surface area contributed by atoms with Crippen molar-refractivity contribution in [2.75, 3.05) is 25.5 Å². The molecule has 0 atom stereocenters. The van der Waals surface area contributed by atoms with Gasteiger partial charge in [-0.15, -0.1) is 0 Å². The van der Waals surface area contributed by atoms with E-state index in [0.717, 1.165) is 24.2 Å². The van der Waals surface area contributed by atoms with Crippen molar-refractivity contribution >= 4 is 21.6 Å². The van der Waals surface area contributed by atoms with Crippen LogP contribution in [0, 0.1) is 13.8 Å². The minimum atomic E-state index is -3.53. The lowest BCUT2D eigenvalue weighted by atomic mass is 10.1. The van der Waals surface area contributed by atoms with Crippen molar-refractivity contribution in [3.05, 3.63) is 71.0 Å². The van der Waals surface area contributed by atoms with E-state index in [4.69, 9.17) is 4.74 Å². The van der Waals surface area contributed by atoms with E-state index >= 15 is 0 Å². The second kappa shape index (κ2) is 9.36. The molecule has 1 amide bonds. The van der Waals surface area contributed by atoms with Gasteiger partial charge in [-0.1, -0.05) is 12.1 Å². The van der Waals surface area contributed by atoms with Crippen LogP contribution in [0.25, 0.3) is 0 Å². The van der Waals surface area contributed by atoms with Crippen molar-refractivity contribution in [3.63, 3.8) is 0 Å². The molecule has 0 aliphatic carbocycles. The smallest absolute Gasteiger partial charge is 0.255 e. The van der Waals surface area contributed by atoms with Gasteiger partial charge in [0.25, 0.3) is 5.91 Å². The van der Waals surface area contributed by atoms with Crippen molar-refractivity contribution < 1.29 is 17.9 Å². The molecule has 174 valence electrons. The van der Waals surface area contributed by atoms with E-state index in [0.29, 0.717) is 47.2 Å². The van der Waals surface area contributed by atoms with Gasteiger partial charge in [0.2, 0.25) is 10.0 Å². The summed E-state index contributed by atoms with van der Waals surface area (Å²) in [6.07, 6.45) is 1.79. The summed E-state index contributed by atoms with van der Waals surface area (Å²) in [7, 11) is -1.94. The fourth-order valence-electron chi connectivity index (χ4n) is 4.08. The van der Waals surface area contributed by atoms with Crippen molar-refractivity contribution in [2.24, 2.45) is 0 Å². The van der Waals surface area contributed by atoms with Crippen LogP contribution in [0.3, 0.4) is 0 Å². The van der Waals surface area contributed by atoms with E-state index in [9.17, 15) is 13.2 Å². The lowest BCUT2D eigenvalue weighted by Crippen LogP contribution is -2.28. The number of hydrogen-bond donors (Lipinski definition) is 1. The van der Waals surface area contributed by atoms with E-state index in [1.807, 2.05) is 12.1 Å². The van der Waals surface area contributed by atoms with Crippen LogP contribution in [-0.4, -0.2) is 48.6 Å². The molecule has 33 heavy (non-hydrogen) atoms. The van der Waals surface area contributed by atoms with E-state index in [2.05, 4.69) is 10.4 Å². The summed E-state index contributed by atoms with van der Waals surface area (Å²) in [5, 5.41) is 7.35. The van der Waals surface area contributed by atoms with Crippen molar-refractivity contribution in [3.8, 4) is 5.75 Å². The maximum Gasteiger partial charge on any atom is 0.255 e. The van der Waals surface area contributed by atoms with Gasteiger partial charge in [-0.05, 0) is 68.7 Å². The number of anilines is 1. The van der Waals surface area contributed by atoms with Gasteiger partial charge in [0.1, 0.15) is 10.6 Å². The molecule has 0 saturated carbocycles. The molecule has 0 unspecified atom stereocenters. The van der Waals surface area contributed by atoms with Crippen LogP contribution in [0.15, 0.2) is 53.4 Å². The molecule has 1 N–H and O–H groups in total. The number of aryl methyl sites for hydroxylation is 1. The average molecular weight is 469 g/mol. The predicted octanol–water partition coefficient (Wildman–Crippen LogP) is 3.59. The second-order valence-corrected chi connectivity index (χ2v) is 10.0. The Kier molecular flexibility index (Phi) is 6.53. The molecule has 3 aromatic rings. The number of methoxy groups -OCH3 is 1. The highest BCUT2D eigenvalue weighted by atomic mass is 32.2. The third-order valence-electron chi connectivity index (χ3n) is 5.87. The number of carbonyl (C=O) groups excluding carboxylic acids is 1. The number of aromatic nitrogens is 2. The standard InChI is InChI=1S/C24H28N4O4S/c1-17-23(33(30,31)27-14-4-5-15-27)18(2)28(26-17)16-19-6-8-20(9-7-19)24(29)25-21-10-12-22(32-3)13-11-21/h6-13H,4-5,14-16H2,1-3H3,(H,25,29). The highest BCUT2D eigenvalue weighted by Gasteiger charge is 2.32. The number of amides is 1. The third-order valence-corrected chi connectivity index (χ3v) is 8.03. The van der Waals surface area contributed by atoms with Gasteiger partial charge in [0.15, 0.2) is 0 Å². The van der Waals surface area contributed by atoms with Gasteiger partial charge in [-0.25, -0.2) is 8.42 Å². The summed E-state index contributed by atoms with van der Waals surface area (Å²) in [6.45, 7) is 5.07. The van der Waals surface area contributed by atoms with E-state index < -0.39 is 10.0 Å². The van der Waals surface area contributed by atoms with Crippen LogP contribution >= 0.6 is 0 Å². The molecular weight excluding hydrogens is 440 g/mol. The Bertz CT molecular complexity index is 1240. The highest BCUT2D eigenvalue weighted by Crippen LogP contribution is 2.27. The molecule has 2 heterocycles. The average Bonchev–Trinajstić information content (AvgIpc) is 3.44. The quantitative estimate of drug-likeness (QED) is 0.572. The van der Waals surface area contributed by atoms with Gasteiger partial charge in [-0.3, -0.25) is 9.48 Å². The van der Waals surface area contributed by atoms with Crippen LogP contribution in [0.1, 0.15) is 40.2 Å². The van der Waals surface area contributed by atoms with E-state index in [1.54, 1.807) is 66.3 Å². The van der Waals surface area contributed by atoms with Gasteiger partial charge in [0, 0.05) is 24.3 Å². The molecule has 1 saturated heterocycles. The first-order chi connectivity index (χ1) is 15.8. The van der Waals surface area contributed by atoms with Crippen LogP contribution < -0.4 is 10.1 Å². The normalized spacial score (nSPS) is 14.4. The topological polar surface area (TPSA) is 93.5 Å².